The molecule has 0 spiro atoms. The fourth-order valence-electron chi connectivity index (χ4n) is 6.59. The summed E-state index contributed by atoms with van der Waals surface area (Å²) < 4.78 is 0. The smallest absolute Gasteiger partial charge is 0.407 e. The SMILES string of the molecule is CCC1(CC)C(=O)N(C(C)C)c2cc3nc(-c4[nH]ncc4NC(=O)N4CCCCC4)[nH]c3cc21.O=C(O)N1CCCCC1. The second-order valence-corrected chi connectivity index (χ2v) is 12.0. The van der Waals surface area contributed by atoms with Gasteiger partial charge in [-0.3, -0.25) is 9.89 Å². The Bertz CT molecular complexity index is 1460. The van der Waals surface area contributed by atoms with E-state index in [2.05, 4.69) is 40.4 Å². The van der Waals surface area contributed by atoms with E-state index in [9.17, 15) is 14.4 Å². The first kappa shape index (κ1) is 30.4. The number of nitrogens with zero attached hydrogens (tertiary/aromatic N) is 5. The van der Waals surface area contributed by atoms with Crippen molar-refractivity contribution in [3.8, 4) is 11.5 Å². The van der Waals surface area contributed by atoms with Crippen molar-refractivity contribution >= 4 is 40.4 Å². The summed E-state index contributed by atoms with van der Waals surface area (Å²) >= 11 is 0. The summed E-state index contributed by atoms with van der Waals surface area (Å²) in [5.74, 6) is 0.776. The highest BCUT2D eigenvalue weighted by atomic mass is 16.4. The number of benzene rings is 1. The van der Waals surface area contributed by atoms with Crippen molar-refractivity contribution in [2.45, 2.75) is 90.5 Å². The molecule has 3 aliphatic rings. The van der Waals surface area contributed by atoms with E-state index in [1.54, 1.807) is 6.20 Å². The Balaban J connectivity index is 0.000000351. The quantitative estimate of drug-likeness (QED) is 0.288. The van der Waals surface area contributed by atoms with Crippen LogP contribution in [0, 0.1) is 0 Å². The monoisotopic (exact) mass is 592 g/mol. The van der Waals surface area contributed by atoms with E-state index in [1.807, 2.05) is 29.7 Å². The number of amides is 4. The van der Waals surface area contributed by atoms with E-state index in [0.29, 0.717) is 17.2 Å². The molecule has 4 N–H and O–H groups in total. The summed E-state index contributed by atoms with van der Waals surface area (Å²) in [6, 6.07) is 4.04. The summed E-state index contributed by atoms with van der Waals surface area (Å²) in [6.07, 6.45) is 8.83. The number of nitrogens with one attached hydrogen (secondary N) is 3. The van der Waals surface area contributed by atoms with Crippen molar-refractivity contribution in [2.24, 2.45) is 0 Å². The average Bonchev–Trinajstić information content (AvgIpc) is 3.71. The zero-order chi connectivity index (χ0) is 30.7. The summed E-state index contributed by atoms with van der Waals surface area (Å²) in [4.78, 5) is 49.9. The van der Waals surface area contributed by atoms with Crippen molar-refractivity contribution in [1.82, 2.24) is 30.0 Å². The van der Waals surface area contributed by atoms with Crippen molar-refractivity contribution in [3.05, 3.63) is 23.9 Å². The zero-order valence-electron chi connectivity index (χ0n) is 25.7. The van der Waals surface area contributed by atoms with Crippen molar-refractivity contribution in [2.75, 3.05) is 36.4 Å². The molecule has 1 aromatic carbocycles. The summed E-state index contributed by atoms with van der Waals surface area (Å²) in [5, 5.41) is 18.6. The Hall–Kier alpha value is -4.09. The van der Waals surface area contributed by atoms with Gasteiger partial charge in [0, 0.05) is 32.2 Å². The Morgan fingerprint density at radius 1 is 1.00 bits per heavy atom. The first-order valence-corrected chi connectivity index (χ1v) is 15.7. The molecule has 3 aromatic rings. The molecule has 232 valence electrons. The number of fused-ring (bicyclic) bond motifs is 2. The minimum atomic E-state index is -0.769. The number of rotatable bonds is 5. The molecule has 43 heavy (non-hydrogen) atoms. The Morgan fingerprint density at radius 3 is 2.19 bits per heavy atom. The van der Waals surface area contributed by atoms with Gasteiger partial charge in [-0.2, -0.15) is 5.10 Å². The van der Waals surface area contributed by atoms with Crippen LogP contribution in [0.4, 0.5) is 21.0 Å². The van der Waals surface area contributed by atoms with Gasteiger partial charge in [0.1, 0.15) is 5.69 Å². The first-order valence-electron chi connectivity index (χ1n) is 15.7. The molecule has 2 aromatic heterocycles. The van der Waals surface area contributed by atoms with Gasteiger partial charge in [0.15, 0.2) is 5.82 Å². The maximum Gasteiger partial charge on any atom is 0.407 e. The zero-order valence-corrected chi connectivity index (χ0v) is 25.7. The third-order valence-corrected chi connectivity index (χ3v) is 9.11. The number of anilines is 2. The Kier molecular flexibility index (Phi) is 8.93. The molecule has 0 radical (unpaired) electrons. The number of piperidine rings is 2. The van der Waals surface area contributed by atoms with Gasteiger partial charge in [-0.25, -0.2) is 14.6 Å². The average molecular weight is 593 g/mol. The highest BCUT2D eigenvalue weighted by molar-refractivity contribution is 6.10. The molecule has 6 rings (SSSR count). The van der Waals surface area contributed by atoms with E-state index < -0.39 is 11.5 Å². The van der Waals surface area contributed by atoms with Gasteiger partial charge >= 0.3 is 12.1 Å². The first-order chi connectivity index (χ1) is 20.7. The molecule has 0 atom stereocenters. The lowest BCUT2D eigenvalue weighted by molar-refractivity contribution is -0.123. The van der Waals surface area contributed by atoms with Crippen LogP contribution in [0.5, 0.6) is 0 Å². The fraction of sp³-hybridized carbons (Fsp3) is 0.581. The highest BCUT2D eigenvalue weighted by Gasteiger charge is 2.49. The van der Waals surface area contributed by atoms with E-state index in [4.69, 9.17) is 10.1 Å². The fourth-order valence-corrected chi connectivity index (χ4v) is 6.59. The van der Waals surface area contributed by atoms with Crippen LogP contribution in [0.1, 0.15) is 84.6 Å². The number of hydrogen-bond acceptors (Lipinski definition) is 5. The van der Waals surface area contributed by atoms with Gasteiger partial charge in [-0.15, -0.1) is 0 Å². The standard InChI is InChI=1S/C25H33N7O2.C6H11NO2/c1-5-25(6-2)16-12-17-18(13-20(16)32(15(3)4)23(25)33)28-22(27-17)21-19(14-26-30-21)29-24(34)31-10-8-7-9-11-31;8-6(9)7-4-2-1-3-5-7/h12-15H,5-11H2,1-4H3,(H,26,30)(H,27,28)(H,29,34);1-5H2,(H,8,9). The van der Waals surface area contributed by atoms with Gasteiger partial charge in [-0.05, 0) is 82.9 Å². The summed E-state index contributed by atoms with van der Waals surface area (Å²) in [5.41, 5.74) is 4.35. The number of aromatic nitrogens is 4. The summed E-state index contributed by atoms with van der Waals surface area (Å²) in [6.45, 7) is 11.3. The van der Waals surface area contributed by atoms with Gasteiger partial charge < -0.3 is 30.1 Å². The second kappa shape index (κ2) is 12.6. The number of carboxylic acid groups (broad SMARTS) is 1. The van der Waals surface area contributed by atoms with Crippen LogP contribution in [-0.4, -0.2) is 85.3 Å². The number of aromatic amines is 2. The Labute approximate surface area is 252 Å². The van der Waals surface area contributed by atoms with Crippen molar-refractivity contribution < 1.29 is 19.5 Å². The molecule has 0 aliphatic carbocycles. The molecule has 12 heteroatoms. The maximum absolute atomic E-state index is 13.5. The molecule has 3 aliphatic heterocycles. The van der Waals surface area contributed by atoms with Gasteiger partial charge in [-0.1, -0.05) is 13.8 Å². The van der Waals surface area contributed by atoms with Crippen LogP contribution >= 0.6 is 0 Å². The van der Waals surface area contributed by atoms with Crippen LogP contribution < -0.4 is 10.2 Å². The van der Waals surface area contributed by atoms with E-state index in [-0.39, 0.29) is 18.0 Å². The molecular weight excluding hydrogens is 548 g/mol. The number of H-pyrrole nitrogens is 2. The predicted molar refractivity (Wildman–Crippen MR) is 166 cm³/mol. The number of likely N-dealkylation sites (tertiary alicyclic amines) is 2. The van der Waals surface area contributed by atoms with E-state index in [1.165, 1.54) is 17.7 Å². The lowest BCUT2D eigenvalue weighted by atomic mass is 9.77. The molecule has 0 unspecified atom stereocenters. The molecule has 0 bridgehead atoms. The maximum atomic E-state index is 13.5. The normalized spacial score (nSPS) is 18.1. The van der Waals surface area contributed by atoms with Gasteiger partial charge in [0.05, 0.1) is 34.0 Å². The largest absolute Gasteiger partial charge is 0.465 e. The van der Waals surface area contributed by atoms with Gasteiger partial charge in [0.25, 0.3) is 0 Å². The van der Waals surface area contributed by atoms with E-state index >= 15 is 0 Å². The van der Waals surface area contributed by atoms with Gasteiger partial charge in [0.2, 0.25) is 5.91 Å². The number of imidazole rings is 1. The molecule has 2 saturated heterocycles. The number of hydrogen-bond donors (Lipinski definition) is 4. The van der Waals surface area contributed by atoms with Crippen LogP contribution in [-0.2, 0) is 10.2 Å². The predicted octanol–water partition coefficient (Wildman–Crippen LogP) is 5.93. The highest BCUT2D eigenvalue weighted by Crippen LogP contribution is 2.48. The number of urea groups is 1. The minimum absolute atomic E-state index is 0.0614. The Morgan fingerprint density at radius 2 is 1.63 bits per heavy atom. The minimum Gasteiger partial charge on any atom is -0.465 e. The molecule has 0 saturated carbocycles. The number of carbonyl (C=O) groups excluding carboxylic acids is 2. The lowest BCUT2D eigenvalue weighted by Crippen LogP contribution is -2.42. The second-order valence-electron chi connectivity index (χ2n) is 12.0. The molecule has 2 fully saturated rings. The van der Waals surface area contributed by atoms with Crippen LogP contribution in [0.15, 0.2) is 18.3 Å². The third kappa shape index (κ3) is 5.79. The topological polar surface area (TPSA) is 151 Å². The number of carbonyl (C=O) groups is 3. The molecule has 4 amide bonds. The third-order valence-electron chi connectivity index (χ3n) is 9.11. The van der Waals surface area contributed by atoms with Crippen LogP contribution in [0.2, 0.25) is 0 Å². The van der Waals surface area contributed by atoms with Crippen LogP contribution in [0.25, 0.3) is 22.6 Å². The molecule has 5 heterocycles. The molecule has 12 nitrogen and oxygen atoms in total. The van der Waals surface area contributed by atoms with Crippen molar-refractivity contribution in [1.29, 1.82) is 0 Å². The van der Waals surface area contributed by atoms with Crippen molar-refractivity contribution in [3.63, 3.8) is 0 Å². The van der Waals surface area contributed by atoms with E-state index in [0.717, 1.165) is 87.0 Å². The molecular formula is C31H44N8O4. The summed E-state index contributed by atoms with van der Waals surface area (Å²) in [7, 11) is 0. The lowest BCUT2D eigenvalue weighted by Gasteiger charge is -2.27. The van der Waals surface area contributed by atoms with Crippen LogP contribution in [0.3, 0.4) is 0 Å².